The fraction of sp³-hybridized carbons (Fsp3) is 0.500. The maximum Gasteiger partial charge on any atom is 0.308 e. The monoisotopic (exact) mass is 474 g/mol. The molecule has 0 bridgehead atoms. The van der Waals surface area contributed by atoms with Gasteiger partial charge in [0.15, 0.2) is 23.0 Å². The summed E-state index contributed by atoms with van der Waals surface area (Å²) in [6.07, 6.45) is 0.428. The first kappa shape index (κ1) is 25.5. The Kier molecular flexibility index (Phi) is 7.82. The summed E-state index contributed by atoms with van der Waals surface area (Å²) in [4.78, 5) is 11.8. The molecule has 8 heteroatoms. The Bertz CT molecular complexity index is 1060. The average molecular weight is 475 g/mol. The van der Waals surface area contributed by atoms with Gasteiger partial charge in [0.1, 0.15) is 0 Å². The third kappa shape index (κ3) is 4.22. The number of hydrogen-bond acceptors (Lipinski definition) is 8. The Balaban J connectivity index is 2.57. The summed E-state index contributed by atoms with van der Waals surface area (Å²) in [7, 11) is 9.50. The maximum absolute atomic E-state index is 11.8. The third-order valence-electron chi connectivity index (χ3n) is 6.53. The molecule has 0 radical (unpaired) electrons. The molecule has 0 heterocycles. The number of benzene rings is 2. The molecular formula is C26H34O8. The van der Waals surface area contributed by atoms with E-state index in [1.54, 1.807) is 35.5 Å². The number of methoxy groups -OCH3 is 6. The Morgan fingerprint density at radius 1 is 0.765 bits per heavy atom. The third-order valence-corrected chi connectivity index (χ3v) is 6.53. The Labute approximate surface area is 201 Å². The Hall–Kier alpha value is -3.13. The maximum atomic E-state index is 11.8. The fourth-order valence-electron chi connectivity index (χ4n) is 4.83. The van der Waals surface area contributed by atoms with Crippen molar-refractivity contribution < 1.29 is 38.0 Å². The van der Waals surface area contributed by atoms with E-state index in [9.17, 15) is 4.79 Å². The minimum atomic E-state index is -0.448. The zero-order chi connectivity index (χ0) is 25.2. The van der Waals surface area contributed by atoms with Crippen LogP contribution in [0.25, 0.3) is 11.1 Å². The molecule has 3 unspecified atom stereocenters. The van der Waals surface area contributed by atoms with E-state index in [-0.39, 0.29) is 17.9 Å². The van der Waals surface area contributed by atoms with E-state index in [4.69, 9.17) is 33.2 Å². The molecule has 1 aliphatic rings. The van der Waals surface area contributed by atoms with E-state index >= 15 is 0 Å². The first-order valence-electron chi connectivity index (χ1n) is 11.1. The van der Waals surface area contributed by atoms with Crippen LogP contribution in [0.1, 0.15) is 38.0 Å². The van der Waals surface area contributed by atoms with Gasteiger partial charge >= 0.3 is 5.97 Å². The highest BCUT2D eigenvalue weighted by atomic mass is 16.6. The summed E-state index contributed by atoms with van der Waals surface area (Å²) >= 11 is 0. The van der Waals surface area contributed by atoms with Crippen molar-refractivity contribution >= 4 is 5.97 Å². The number of rotatable bonds is 7. The Morgan fingerprint density at radius 2 is 1.32 bits per heavy atom. The summed E-state index contributed by atoms with van der Waals surface area (Å²) < 4.78 is 40.4. The van der Waals surface area contributed by atoms with Gasteiger partial charge in [-0.15, -0.1) is 0 Å². The van der Waals surface area contributed by atoms with Crippen molar-refractivity contribution in [3.05, 3.63) is 23.3 Å². The lowest BCUT2D eigenvalue weighted by Crippen LogP contribution is -2.24. The predicted molar refractivity (Wildman–Crippen MR) is 128 cm³/mol. The van der Waals surface area contributed by atoms with Crippen molar-refractivity contribution in [2.75, 3.05) is 42.7 Å². The van der Waals surface area contributed by atoms with Crippen molar-refractivity contribution in [1.29, 1.82) is 0 Å². The van der Waals surface area contributed by atoms with E-state index in [0.717, 1.165) is 22.3 Å². The molecule has 1 aliphatic carbocycles. The van der Waals surface area contributed by atoms with Crippen LogP contribution in [0.4, 0.5) is 0 Å². The van der Waals surface area contributed by atoms with Gasteiger partial charge in [0, 0.05) is 25.2 Å². The predicted octanol–water partition coefficient (Wildman–Crippen LogP) is 4.84. The number of carbonyl (C=O) groups is 1. The van der Waals surface area contributed by atoms with Gasteiger partial charge in [-0.1, -0.05) is 13.8 Å². The molecular weight excluding hydrogens is 440 g/mol. The van der Waals surface area contributed by atoms with E-state index in [0.29, 0.717) is 40.9 Å². The zero-order valence-corrected chi connectivity index (χ0v) is 21.4. The van der Waals surface area contributed by atoms with Gasteiger partial charge in [0.25, 0.3) is 0 Å². The van der Waals surface area contributed by atoms with Gasteiger partial charge in [-0.3, -0.25) is 4.79 Å². The van der Waals surface area contributed by atoms with Crippen LogP contribution in [-0.2, 0) is 16.0 Å². The van der Waals surface area contributed by atoms with Crippen molar-refractivity contribution in [2.24, 2.45) is 11.8 Å². The standard InChI is InChI=1S/C26H34O8/c1-13-10-16-11-19(34-15(3)27)24(31-7)25(32-8)20(16)21-17(22(29-5)14(13)2)12-18(28-4)23(30-6)26(21)33-9/h11-14,22H,10H2,1-9H3. The molecule has 0 saturated heterocycles. The highest BCUT2D eigenvalue weighted by Crippen LogP contribution is 2.57. The van der Waals surface area contributed by atoms with Gasteiger partial charge in [0.05, 0.1) is 41.7 Å². The second kappa shape index (κ2) is 10.4. The molecule has 34 heavy (non-hydrogen) atoms. The summed E-state index contributed by atoms with van der Waals surface area (Å²) in [6, 6.07) is 3.77. The molecule has 0 N–H and O–H groups in total. The second-order valence-electron chi connectivity index (χ2n) is 8.38. The van der Waals surface area contributed by atoms with Crippen molar-refractivity contribution in [1.82, 2.24) is 0 Å². The number of hydrogen-bond donors (Lipinski definition) is 0. The number of ether oxygens (including phenoxy) is 7. The van der Waals surface area contributed by atoms with E-state index in [2.05, 4.69) is 13.8 Å². The molecule has 0 aromatic heterocycles. The largest absolute Gasteiger partial charge is 0.493 e. The van der Waals surface area contributed by atoms with Crippen molar-refractivity contribution in [2.45, 2.75) is 33.3 Å². The van der Waals surface area contributed by atoms with Crippen molar-refractivity contribution in [3.8, 4) is 45.6 Å². The van der Waals surface area contributed by atoms with Gasteiger partial charge in [-0.2, -0.15) is 0 Å². The lowest BCUT2D eigenvalue weighted by molar-refractivity contribution is -0.132. The molecule has 3 rings (SSSR count). The highest BCUT2D eigenvalue weighted by Gasteiger charge is 2.37. The smallest absolute Gasteiger partial charge is 0.308 e. The fourth-order valence-corrected chi connectivity index (χ4v) is 4.83. The van der Waals surface area contributed by atoms with E-state index < -0.39 is 5.97 Å². The summed E-state index contributed by atoms with van der Waals surface area (Å²) in [5.41, 5.74) is 3.32. The van der Waals surface area contributed by atoms with Crippen LogP contribution in [0.15, 0.2) is 12.1 Å². The number of fused-ring (bicyclic) bond motifs is 3. The summed E-state index contributed by atoms with van der Waals surface area (Å²) in [5.74, 6) is 2.44. The lowest BCUT2D eigenvalue weighted by atomic mass is 9.76. The minimum absolute atomic E-state index is 0.143. The zero-order valence-electron chi connectivity index (χ0n) is 21.4. The molecule has 0 aliphatic heterocycles. The SMILES string of the molecule is COc1cc2c(c(OC)c1OC)-c1c(cc(OC(C)=O)c(OC)c1OC)CC(C)C(C)C2OC. The average Bonchev–Trinajstić information content (AvgIpc) is 2.82. The highest BCUT2D eigenvalue weighted by molar-refractivity contribution is 5.89. The molecule has 186 valence electrons. The number of carbonyl (C=O) groups excluding carboxylic acids is 1. The molecule has 2 aromatic carbocycles. The van der Waals surface area contributed by atoms with Crippen LogP contribution in [0.3, 0.4) is 0 Å². The molecule has 8 nitrogen and oxygen atoms in total. The summed E-state index contributed by atoms with van der Waals surface area (Å²) in [5, 5.41) is 0. The normalized spacial score (nSPS) is 19.1. The molecule has 0 spiro atoms. The molecule has 0 saturated carbocycles. The summed E-state index contributed by atoms with van der Waals surface area (Å²) in [6.45, 7) is 5.68. The molecule has 0 fully saturated rings. The van der Waals surface area contributed by atoms with Gasteiger partial charge < -0.3 is 33.2 Å². The first-order chi connectivity index (χ1) is 16.3. The quantitative estimate of drug-likeness (QED) is 0.417. The van der Waals surface area contributed by atoms with E-state index in [1.807, 2.05) is 12.1 Å². The van der Waals surface area contributed by atoms with Crippen LogP contribution in [-0.4, -0.2) is 48.6 Å². The van der Waals surface area contributed by atoms with Crippen LogP contribution in [0.2, 0.25) is 0 Å². The molecule has 0 amide bonds. The van der Waals surface area contributed by atoms with Crippen LogP contribution in [0.5, 0.6) is 34.5 Å². The molecule has 2 aromatic rings. The minimum Gasteiger partial charge on any atom is -0.493 e. The molecule has 3 atom stereocenters. The van der Waals surface area contributed by atoms with Gasteiger partial charge in [0.2, 0.25) is 11.5 Å². The number of esters is 1. The van der Waals surface area contributed by atoms with Crippen LogP contribution >= 0.6 is 0 Å². The van der Waals surface area contributed by atoms with Crippen molar-refractivity contribution in [3.63, 3.8) is 0 Å². The van der Waals surface area contributed by atoms with Gasteiger partial charge in [-0.05, 0) is 41.5 Å². The lowest BCUT2D eigenvalue weighted by Gasteiger charge is -2.35. The van der Waals surface area contributed by atoms with Crippen LogP contribution < -0.4 is 28.4 Å². The van der Waals surface area contributed by atoms with Crippen LogP contribution in [0, 0.1) is 11.8 Å². The van der Waals surface area contributed by atoms with Gasteiger partial charge in [-0.25, -0.2) is 0 Å². The Morgan fingerprint density at radius 3 is 1.82 bits per heavy atom. The first-order valence-corrected chi connectivity index (χ1v) is 11.1. The topological polar surface area (TPSA) is 81.7 Å². The second-order valence-corrected chi connectivity index (χ2v) is 8.38. The van der Waals surface area contributed by atoms with E-state index in [1.165, 1.54) is 14.0 Å².